The molecule has 2 aromatic carbocycles. The first kappa shape index (κ1) is 19.7. The van der Waals surface area contributed by atoms with Crippen LogP contribution in [0, 0.1) is 0 Å². The highest BCUT2D eigenvalue weighted by molar-refractivity contribution is 6.45. The van der Waals surface area contributed by atoms with E-state index in [1.54, 1.807) is 14.2 Å². The fourth-order valence-corrected chi connectivity index (χ4v) is 3.48. The van der Waals surface area contributed by atoms with Crippen LogP contribution in [0.3, 0.4) is 0 Å². The van der Waals surface area contributed by atoms with E-state index in [4.69, 9.17) is 14.3 Å². The average Bonchev–Trinajstić information content (AvgIpc) is 3.19. The molecule has 0 radical (unpaired) electrons. The van der Waals surface area contributed by atoms with Crippen LogP contribution in [0.2, 0.25) is 0 Å². The Bertz CT molecular complexity index is 877. The number of carbonyl (C=O) groups excluding carboxylic acids is 1. The van der Waals surface area contributed by atoms with E-state index in [0.717, 1.165) is 30.4 Å². The van der Waals surface area contributed by atoms with Gasteiger partial charge >= 0.3 is 0 Å². The molecular formula is C22H26N2O4. The molecule has 0 saturated carbocycles. The first-order valence-electron chi connectivity index (χ1n) is 9.38. The minimum Gasteiger partial charge on any atom is -0.493 e. The summed E-state index contributed by atoms with van der Waals surface area (Å²) in [6.45, 7) is 0.474. The third-order valence-corrected chi connectivity index (χ3v) is 4.92. The molecule has 1 aliphatic rings. The van der Waals surface area contributed by atoms with E-state index in [1.165, 1.54) is 18.2 Å². The van der Waals surface area contributed by atoms with Crippen molar-refractivity contribution in [3.05, 3.63) is 58.7 Å². The van der Waals surface area contributed by atoms with Crippen LogP contribution in [-0.2, 0) is 28.9 Å². The van der Waals surface area contributed by atoms with Crippen LogP contribution in [0.25, 0.3) is 0 Å². The fourth-order valence-electron chi connectivity index (χ4n) is 3.48. The molecule has 0 spiro atoms. The summed E-state index contributed by atoms with van der Waals surface area (Å²) in [6.07, 6.45) is 3.97. The van der Waals surface area contributed by atoms with Gasteiger partial charge in [0.2, 0.25) is 0 Å². The van der Waals surface area contributed by atoms with Crippen molar-refractivity contribution in [2.75, 3.05) is 27.9 Å². The van der Waals surface area contributed by atoms with Crippen LogP contribution < -0.4 is 14.8 Å². The number of hydrogen-bond donors (Lipinski definition) is 1. The predicted molar refractivity (Wildman–Crippen MR) is 108 cm³/mol. The van der Waals surface area contributed by atoms with E-state index in [0.29, 0.717) is 30.2 Å². The molecule has 1 amide bonds. The van der Waals surface area contributed by atoms with E-state index in [1.807, 2.05) is 30.3 Å². The number of carbonyl (C=O) groups is 1. The van der Waals surface area contributed by atoms with Gasteiger partial charge in [-0.15, -0.1) is 0 Å². The van der Waals surface area contributed by atoms with Gasteiger partial charge in [0.05, 0.1) is 14.2 Å². The number of methoxy groups -OCH3 is 2. The minimum atomic E-state index is -0.250. The van der Waals surface area contributed by atoms with E-state index in [-0.39, 0.29) is 5.91 Å². The van der Waals surface area contributed by atoms with Gasteiger partial charge in [0.25, 0.3) is 5.91 Å². The number of rotatable bonds is 8. The molecule has 0 fully saturated rings. The van der Waals surface area contributed by atoms with Crippen LogP contribution >= 0.6 is 0 Å². The monoisotopic (exact) mass is 382 g/mol. The van der Waals surface area contributed by atoms with Crippen molar-refractivity contribution in [1.82, 2.24) is 5.32 Å². The van der Waals surface area contributed by atoms with Gasteiger partial charge in [-0.1, -0.05) is 23.4 Å². The second-order valence-corrected chi connectivity index (χ2v) is 6.65. The summed E-state index contributed by atoms with van der Waals surface area (Å²) in [5, 5.41) is 6.89. The van der Waals surface area contributed by atoms with E-state index in [2.05, 4.69) is 16.5 Å². The predicted octanol–water partition coefficient (Wildman–Crippen LogP) is 2.90. The highest BCUT2D eigenvalue weighted by Gasteiger charge is 2.18. The van der Waals surface area contributed by atoms with Crippen molar-refractivity contribution in [2.45, 2.75) is 25.7 Å². The number of oxime groups is 1. The lowest BCUT2D eigenvalue weighted by atomic mass is 10.0. The maximum Gasteiger partial charge on any atom is 0.273 e. The van der Waals surface area contributed by atoms with Crippen molar-refractivity contribution in [3.8, 4) is 11.5 Å². The van der Waals surface area contributed by atoms with E-state index >= 15 is 0 Å². The lowest BCUT2D eigenvalue weighted by molar-refractivity contribution is -0.114. The Labute approximate surface area is 165 Å². The van der Waals surface area contributed by atoms with E-state index < -0.39 is 0 Å². The van der Waals surface area contributed by atoms with Gasteiger partial charge in [-0.25, -0.2) is 0 Å². The first-order valence-corrected chi connectivity index (χ1v) is 9.38. The number of nitrogens with one attached hydrogen (secondary N) is 1. The zero-order chi connectivity index (χ0) is 19.9. The topological polar surface area (TPSA) is 69.2 Å². The first-order chi connectivity index (χ1) is 13.7. The van der Waals surface area contributed by atoms with Gasteiger partial charge in [0.15, 0.2) is 17.2 Å². The van der Waals surface area contributed by atoms with Crippen LogP contribution in [0.1, 0.15) is 28.7 Å². The molecule has 28 heavy (non-hydrogen) atoms. The quantitative estimate of drug-likeness (QED) is 0.563. The smallest absolute Gasteiger partial charge is 0.273 e. The molecule has 0 aliphatic heterocycles. The molecule has 0 atom stereocenters. The average molecular weight is 382 g/mol. The molecule has 0 aromatic heterocycles. The number of hydrogen-bond acceptors (Lipinski definition) is 5. The minimum absolute atomic E-state index is 0.250. The molecule has 0 heterocycles. The molecule has 0 saturated heterocycles. The van der Waals surface area contributed by atoms with Crippen LogP contribution in [0.4, 0.5) is 0 Å². The Morgan fingerprint density at radius 1 is 1.00 bits per heavy atom. The molecular weight excluding hydrogens is 356 g/mol. The Morgan fingerprint density at radius 3 is 2.54 bits per heavy atom. The van der Waals surface area contributed by atoms with Crippen molar-refractivity contribution in [2.24, 2.45) is 5.16 Å². The second-order valence-electron chi connectivity index (χ2n) is 6.65. The van der Waals surface area contributed by atoms with Crippen molar-refractivity contribution >= 4 is 11.6 Å². The number of benzene rings is 2. The fraction of sp³-hybridized carbons (Fsp3) is 0.364. The second kappa shape index (κ2) is 9.26. The summed E-state index contributed by atoms with van der Waals surface area (Å²) in [7, 11) is 4.66. The Hall–Kier alpha value is -3.02. The molecule has 6 heteroatoms. The summed E-state index contributed by atoms with van der Waals surface area (Å²) in [4.78, 5) is 17.6. The SMILES string of the molecule is CON=C(C(=O)NCCc1ccc(OC)c(OC)c1)c1ccc2c(c1)CCC2. The highest BCUT2D eigenvalue weighted by atomic mass is 16.6. The molecule has 1 N–H and O–H groups in total. The summed E-state index contributed by atoms with van der Waals surface area (Å²) in [5.74, 6) is 1.10. The molecule has 0 bridgehead atoms. The van der Waals surface area contributed by atoms with Gasteiger partial charge < -0.3 is 19.6 Å². The lowest BCUT2D eigenvalue weighted by Crippen LogP contribution is -2.33. The molecule has 6 nitrogen and oxygen atoms in total. The summed E-state index contributed by atoms with van der Waals surface area (Å²) in [6, 6.07) is 11.8. The zero-order valence-electron chi connectivity index (χ0n) is 16.6. The van der Waals surface area contributed by atoms with Gasteiger partial charge in [0.1, 0.15) is 7.11 Å². The van der Waals surface area contributed by atoms with Crippen LogP contribution in [0.5, 0.6) is 11.5 Å². The normalized spacial score (nSPS) is 13.0. The number of amides is 1. The Morgan fingerprint density at radius 2 is 1.79 bits per heavy atom. The van der Waals surface area contributed by atoms with Crippen molar-refractivity contribution < 1.29 is 19.1 Å². The standard InChI is InChI=1S/C22H26N2O4/c1-26-19-10-7-15(13-20(19)27-2)11-12-23-22(25)21(24-28-3)18-9-8-16-5-4-6-17(16)14-18/h7-10,13-14H,4-6,11-12H2,1-3H3,(H,23,25). The molecule has 2 aromatic rings. The number of nitrogens with zero attached hydrogens (tertiary/aromatic N) is 1. The van der Waals surface area contributed by atoms with Gasteiger partial charge in [-0.05, 0) is 60.6 Å². The molecule has 3 rings (SSSR count). The number of ether oxygens (including phenoxy) is 2. The van der Waals surface area contributed by atoms with Gasteiger partial charge in [-0.2, -0.15) is 0 Å². The molecule has 148 valence electrons. The van der Waals surface area contributed by atoms with Crippen molar-refractivity contribution in [1.29, 1.82) is 0 Å². The maximum absolute atomic E-state index is 12.7. The maximum atomic E-state index is 12.7. The molecule has 1 aliphatic carbocycles. The van der Waals surface area contributed by atoms with Crippen LogP contribution in [-0.4, -0.2) is 39.5 Å². The van der Waals surface area contributed by atoms with Crippen LogP contribution in [0.15, 0.2) is 41.6 Å². The summed E-state index contributed by atoms with van der Waals surface area (Å²) in [5.41, 5.74) is 4.77. The van der Waals surface area contributed by atoms with Crippen molar-refractivity contribution in [3.63, 3.8) is 0 Å². The zero-order valence-corrected chi connectivity index (χ0v) is 16.6. The summed E-state index contributed by atoms with van der Waals surface area (Å²) < 4.78 is 10.6. The van der Waals surface area contributed by atoms with Gasteiger partial charge in [-0.3, -0.25) is 4.79 Å². The highest BCUT2D eigenvalue weighted by Crippen LogP contribution is 2.27. The third-order valence-electron chi connectivity index (χ3n) is 4.92. The van der Waals surface area contributed by atoms with E-state index in [9.17, 15) is 4.79 Å². The van der Waals surface area contributed by atoms with Gasteiger partial charge in [0, 0.05) is 12.1 Å². The molecule has 0 unspecified atom stereocenters. The number of aryl methyl sites for hydroxylation is 2. The summed E-state index contributed by atoms with van der Waals surface area (Å²) >= 11 is 0. The largest absolute Gasteiger partial charge is 0.493 e. The number of fused-ring (bicyclic) bond motifs is 1. The Balaban J connectivity index is 1.64. The lowest BCUT2D eigenvalue weighted by Gasteiger charge is -2.11. The Kier molecular flexibility index (Phi) is 6.53. The third kappa shape index (κ3) is 4.44.